The van der Waals surface area contributed by atoms with Crippen LogP contribution in [0, 0.1) is 27.2 Å². The first kappa shape index (κ1) is 11.6. The van der Waals surface area contributed by atoms with Crippen molar-refractivity contribution in [1.29, 1.82) is 0 Å². The van der Waals surface area contributed by atoms with E-state index in [1.54, 1.807) is 13.1 Å². The lowest BCUT2D eigenvalue weighted by molar-refractivity contribution is -0.394. The fourth-order valence-corrected chi connectivity index (χ4v) is 1.37. The molecule has 0 aliphatic heterocycles. The van der Waals surface area contributed by atoms with Crippen LogP contribution in [0.2, 0.25) is 0 Å². The third-order valence-corrected chi connectivity index (χ3v) is 2.17. The summed E-state index contributed by atoms with van der Waals surface area (Å²) in [7, 11) is 0. The highest BCUT2D eigenvalue weighted by molar-refractivity contribution is 5.52. The number of nitro groups is 2. The van der Waals surface area contributed by atoms with E-state index in [-0.39, 0.29) is 5.82 Å². The normalized spacial score (nSPS) is 10.3. The Morgan fingerprint density at radius 3 is 2.44 bits per heavy atom. The summed E-state index contributed by atoms with van der Waals surface area (Å²) in [6.07, 6.45) is 4.01. The van der Waals surface area contributed by atoms with Crippen LogP contribution in [-0.2, 0) is 0 Å². The first-order valence-corrected chi connectivity index (χ1v) is 4.79. The van der Waals surface area contributed by atoms with E-state index in [4.69, 9.17) is 0 Å². The first-order chi connectivity index (χ1) is 8.49. The summed E-state index contributed by atoms with van der Waals surface area (Å²) in [6.45, 7) is 1.76. The monoisotopic (exact) mass is 249 g/mol. The van der Waals surface area contributed by atoms with Crippen LogP contribution in [0.25, 0.3) is 5.82 Å². The SMILES string of the molecule is Cc1cnn(-c2ncc([N+](=O)[O-])cc2[N+](=O)[O-])c1. The smallest absolute Gasteiger partial charge is 0.258 e. The van der Waals surface area contributed by atoms with Gasteiger partial charge >= 0.3 is 5.69 Å². The van der Waals surface area contributed by atoms with Gasteiger partial charge in [-0.25, -0.2) is 9.67 Å². The Morgan fingerprint density at radius 2 is 1.94 bits per heavy atom. The molecule has 2 aromatic rings. The summed E-state index contributed by atoms with van der Waals surface area (Å²) in [5, 5.41) is 25.3. The van der Waals surface area contributed by atoms with Gasteiger partial charge in [-0.15, -0.1) is 0 Å². The molecule has 0 bridgehead atoms. The molecule has 0 spiro atoms. The lowest BCUT2D eigenvalue weighted by Gasteiger charge is -2.01. The topological polar surface area (TPSA) is 117 Å². The number of nitrogens with zero attached hydrogens (tertiary/aromatic N) is 5. The van der Waals surface area contributed by atoms with Crippen molar-refractivity contribution in [2.24, 2.45) is 0 Å². The van der Waals surface area contributed by atoms with Gasteiger partial charge in [-0.1, -0.05) is 0 Å². The predicted molar refractivity (Wildman–Crippen MR) is 59.4 cm³/mol. The number of rotatable bonds is 3. The molecule has 0 aliphatic carbocycles. The van der Waals surface area contributed by atoms with Gasteiger partial charge in [-0.3, -0.25) is 20.2 Å². The third-order valence-electron chi connectivity index (χ3n) is 2.17. The van der Waals surface area contributed by atoms with Gasteiger partial charge in [-0.2, -0.15) is 5.10 Å². The van der Waals surface area contributed by atoms with E-state index in [0.717, 1.165) is 17.8 Å². The number of pyridine rings is 1. The van der Waals surface area contributed by atoms with Crippen molar-refractivity contribution in [3.8, 4) is 5.82 Å². The molecule has 0 aliphatic rings. The third kappa shape index (κ3) is 2.00. The Balaban J connectivity index is 2.60. The molecule has 2 aromatic heterocycles. The molecule has 0 aromatic carbocycles. The minimum absolute atomic E-state index is 0.0568. The molecule has 9 nitrogen and oxygen atoms in total. The molecular weight excluding hydrogens is 242 g/mol. The highest BCUT2D eigenvalue weighted by Crippen LogP contribution is 2.24. The molecule has 92 valence electrons. The molecule has 0 saturated heterocycles. The van der Waals surface area contributed by atoms with Crippen LogP contribution < -0.4 is 0 Å². The number of hydrogen-bond donors (Lipinski definition) is 0. The molecule has 18 heavy (non-hydrogen) atoms. The maximum Gasteiger partial charge on any atom is 0.320 e. The second-order valence-electron chi connectivity index (χ2n) is 3.51. The molecule has 0 saturated carbocycles. The van der Waals surface area contributed by atoms with Crippen molar-refractivity contribution in [3.05, 3.63) is 50.4 Å². The largest absolute Gasteiger partial charge is 0.320 e. The predicted octanol–water partition coefficient (Wildman–Crippen LogP) is 1.39. The molecule has 2 rings (SSSR count). The maximum atomic E-state index is 10.9. The van der Waals surface area contributed by atoms with E-state index >= 15 is 0 Å². The minimum Gasteiger partial charge on any atom is -0.258 e. The zero-order valence-electron chi connectivity index (χ0n) is 9.18. The maximum absolute atomic E-state index is 10.9. The number of hydrogen-bond acceptors (Lipinski definition) is 6. The number of aromatic nitrogens is 3. The second kappa shape index (κ2) is 4.20. The highest BCUT2D eigenvalue weighted by Gasteiger charge is 2.22. The van der Waals surface area contributed by atoms with Crippen molar-refractivity contribution < 1.29 is 9.85 Å². The van der Waals surface area contributed by atoms with E-state index in [1.807, 2.05) is 0 Å². The van der Waals surface area contributed by atoms with Gasteiger partial charge < -0.3 is 0 Å². The summed E-state index contributed by atoms with van der Waals surface area (Å²) in [5.74, 6) is -0.0568. The van der Waals surface area contributed by atoms with Gasteiger partial charge in [0.15, 0.2) is 0 Å². The van der Waals surface area contributed by atoms with E-state index in [9.17, 15) is 20.2 Å². The summed E-state index contributed by atoms with van der Waals surface area (Å²) >= 11 is 0. The summed E-state index contributed by atoms with van der Waals surface area (Å²) < 4.78 is 1.21. The van der Waals surface area contributed by atoms with Gasteiger partial charge in [0.1, 0.15) is 6.20 Å². The van der Waals surface area contributed by atoms with Gasteiger partial charge in [0.05, 0.1) is 22.1 Å². The fraction of sp³-hybridized carbons (Fsp3) is 0.111. The fourth-order valence-electron chi connectivity index (χ4n) is 1.37. The van der Waals surface area contributed by atoms with Crippen molar-refractivity contribution in [2.75, 3.05) is 0 Å². The second-order valence-corrected chi connectivity index (χ2v) is 3.51. The van der Waals surface area contributed by atoms with Crippen molar-refractivity contribution in [3.63, 3.8) is 0 Å². The van der Waals surface area contributed by atoms with Crippen LogP contribution in [-0.4, -0.2) is 24.6 Å². The number of aryl methyl sites for hydroxylation is 1. The molecule has 0 atom stereocenters. The summed E-state index contributed by atoms with van der Waals surface area (Å²) in [4.78, 5) is 23.7. The van der Waals surface area contributed by atoms with E-state index < -0.39 is 21.2 Å². The minimum atomic E-state index is -0.738. The Bertz CT molecular complexity index is 636. The van der Waals surface area contributed by atoms with Crippen LogP contribution in [0.1, 0.15) is 5.56 Å². The Labute approximate surface area is 100.0 Å². The lowest BCUT2D eigenvalue weighted by Crippen LogP contribution is -2.04. The van der Waals surface area contributed by atoms with Gasteiger partial charge in [0.2, 0.25) is 5.82 Å². The molecule has 0 fully saturated rings. The van der Waals surface area contributed by atoms with Crippen LogP contribution >= 0.6 is 0 Å². The Hall–Kier alpha value is -2.84. The van der Waals surface area contributed by atoms with E-state index in [0.29, 0.717) is 0 Å². The highest BCUT2D eigenvalue weighted by atomic mass is 16.6. The van der Waals surface area contributed by atoms with Gasteiger partial charge in [0.25, 0.3) is 5.69 Å². The van der Waals surface area contributed by atoms with Crippen LogP contribution in [0.4, 0.5) is 11.4 Å². The van der Waals surface area contributed by atoms with Gasteiger partial charge in [-0.05, 0) is 12.5 Å². The van der Waals surface area contributed by atoms with E-state index in [1.165, 1.54) is 10.9 Å². The van der Waals surface area contributed by atoms with E-state index in [2.05, 4.69) is 10.1 Å². The van der Waals surface area contributed by atoms with Crippen LogP contribution in [0.15, 0.2) is 24.7 Å². The average molecular weight is 249 g/mol. The van der Waals surface area contributed by atoms with Crippen molar-refractivity contribution in [1.82, 2.24) is 14.8 Å². The molecular formula is C9H7N5O4. The standard InChI is InChI=1S/C9H7N5O4/c1-6-3-11-12(5-6)9-8(14(17)18)2-7(4-10-9)13(15)16/h2-5H,1H3. The summed E-state index contributed by atoms with van der Waals surface area (Å²) in [5.41, 5.74) is -0.105. The zero-order chi connectivity index (χ0) is 13.3. The molecule has 0 N–H and O–H groups in total. The van der Waals surface area contributed by atoms with Crippen LogP contribution in [0.5, 0.6) is 0 Å². The van der Waals surface area contributed by atoms with Crippen molar-refractivity contribution in [2.45, 2.75) is 6.92 Å². The zero-order valence-corrected chi connectivity index (χ0v) is 9.18. The van der Waals surface area contributed by atoms with Gasteiger partial charge in [0, 0.05) is 6.20 Å². The van der Waals surface area contributed by atoms with Crippen molar-refractivity contribution >= 4 is 11.4 Å². The molecule has 9 heteroatoms. The molecule has 0 unspecified atom stereocenters. The Kier molecular flexibility index (Phi) is 2.72. The average Bonchev–Trinajstić information content (AvgIpc) is 2.74. The Morgan fingerprint density at radius 1 is 1.22 bits per heavy atom. The molecule has 0 radical (unpaired) electrons. The molecule has 0 amide bonds. The van der Waals surface area contributed by atoms with Crippen LogP contribution in [0.3, 0.4) is 0 Å². The first-order valence-electron chi connectivity index (χ1n) is 4.79. The molecule has 2 heterocycles. The quantitative estimate of drug-likeness (QED) is 0.599. The summed E-state index contributed by atoms with van der Waals surface area (Å²) in [6, 6.07) is 0.860. The lowest BCUT2D eigenvalue weighted by atomic mass is 10.3.